The lowest BCUT2D eigenvalue weighted by Crippen LogP contribution is -1.75. The summed E-state index contributed by atoms with van der Waals surface area (Å²) < 4.78 is 0. The van der Waals surface area contributed by atoms with E-state index in [0.29, 0.717) is 0 Å². The minimum absolute atomic E-state index is 0.873. The first-order valence-corrected chi connectivity index (χ1v) is 5.80. The van der Waals surface area contributed by atoms with Crippen molar-refractivity contribution in [2.24, 2.45) is 0 Å². The first kappa shape index (κ1) is 13.1. The third-order valence-corrected chi connectivity index (χ3v) is 2.20. The molecule has 0 fully saturated rings. The zero-order valence-corrected chi connectivity index (χ0v) is 10.6. The fraction of sp³-hybridized carbons (Fsp3) is 0.235. The molecule has 0 aliphatic heterocycles. The minimum atomic E-state index is 0.873. The summed E-state index contributed by atoms with van der Waals surface area (Å²) in [7, 11) is 0. The van der Waals surface area contributed by atoms with Crippen LogP contribution < -0.4 is 0 Å². The van der Waals surface area contributed by atoms with Crippen LogP contribution in [-0.2, 0) is 0 Å². The van der Waals surface area contributed by atoms with Crippen molar-refractivity contribution in [1.82, 2.24) is 0 Å². The van der Waals surface area contributed by atoms with Gasteiger partial charge in [0.2, 0.25) is 0 Å². The Balaban J connectivity index is 2.46. The van der Waals surface area contributed by atoms with E-state index in [2.05, 4.69) is 31.1 Å². The molecule has 0 radical (unpaired) electrons. The molecule has 0 aliphatic carbocycles. The van der Waals surface area contributed by atoms with Crippen LogP contribution in [0.25, 0.3) is 0 Å². The first-order valence-electron chi connectivity index (χ1n) is 5.80. The largest absolute Gasteiger partial charge is 0.122 e. The van der Waals surface area contributed by atoms with E-state index in [1.54, 1.807) is 0 Å². The Morgan fingerprint density at radius 3 is 2.59 bits per heavy atom. The smallest absolute Gasteiger partial charge is 0.0245 e. The molecular formula is C17H18. The first-order chi connectivity index (χ1) is 8.18. The highest BCUT2D eigenvalue weighted by atomic mass is 13.9. The van der Waals surface area contributed by atoms with Crippen LogP contribution in [0.15, 0.2) is 59.9 Å². The van der Waals surface area contributed by atoms with Crippen molar-refractivity contribution in [1.29, 1.82) is 0 Å². The second-order valence-electron chi connectivity index (χ2n) is 4.08. The molecule has 0 N–H and O–H groups in total. The Bertz CT molecular complexity index is 486. The van der Waals surface area contributed by atoms with Crippen LogP contribution in [0.3, 0.4) is 0 Å². The van der Waals surface area contributed by atoms with E-state index in [4.69, 9.17) is 0 Å². The Morgan fingerprint density at radius 1 is 1.24 bits per heavy atom. The van der Waals surface area contributed by atoms with E-state index in [1.807, 2.05) is 43.3 Å². The van der Waals surface area contributed by atoms with Crippen molar-refractivity contribution in [2.45, 2.75) is 26.7 Å². The van der Waals surface area contributed by atoms with E-state index in [1.165, 1.54) is 5.57 Å². The Hall–Kier alpha value is -1.96. The minimum Gasteiger partial charge on any atom is -0.122 e. The van der Waals surface area contributed by atoms with Gasteiger partial charge in [0.1, 0.15) is 0 Å². The van der Waals surface area contributed by atoms with Gasteiger partial charge in [-0.3, -0.25) is 0 Å². The zero-order valence-electron chi connectivity index (χ0n) is 10.6. The van der Waals surface area contributed by atoms with Crippen LogP contribution in [0, 0.1) is 11.8 Å². The Labute approximate surface area is 104 Å². The van der Waals surface area contributed by atoms with E-state index in [-0.39, 0.29) is 0 Å². The summed E-state index contributed by atoms with van der Waals surface area (Å²) in [6, 6.07) is 10.1. The molecule has 0 saturated heterocycles. The molecular weight excluding hydrogens is 204 g/mol. The van der Waals surface area contributed by atoms with E-state index >= 15 is 0 Å². The maximum Gasteiger partial charge on any atom is 0.0245 e. The molecule has 0 unspecified atom stereocenters. The van der Waals surface area contributed by atoms with Gasteiger partial charge < -0.3 is 0 Å². The quantitative estimate of drug-likeness (QED) is 0.401. The standard InChI is InChI=1S/C17H18/c1-15(2)13-14-16(3)9-7-8-12-17-10-5-4-6-11-17/h4-6,10-11,13H,1,7,9H2,2-3H3. The van der Waals surface area contributed by atoms with Gasteiger partial charge in [0.25, 0.3) is 0 Å². The van der Waals surface area contributed by atoms with E-state index in [0.717, 1.165) is 24.0 Å². The SMILES string of the molecule is C=C(C)C=C=C(C)CCC#Cc1ccccc1. The lowest BCUT2D eigenvalue weighted by atomic mass is 10.1. The monoisotopic (exact) mass is 222 g/mol. The molecule has 1 aromatic rings. The summed E-state index contributed by atoms with van der Waals surface area (Å²) in [4.78, 5) is 0. The summed E-state index contributed by atoms with van der Waals surface area (Å²) in [5.41, 5.74) is 6.53. The van der Waals surface area contributed by atoms with Gasteiger partial charge in [-0.05, 0) is 44.1 Å². The summed E-state index contributed by atoms with van der Waals surface area (Å²) in [5.74, 6) is 6.32. The molecule has 17 heavy (non-hydrogen) atoms. The Kier molecular flexibility index (Phi) is 5.66. The van der Waals surface area contributed by atoms with Gasteiger partial charge in [-0.15, -0.1) is 5.73 Å². The third-order valence-electron chi connectivity index (χ3n) is 2.20. The molecule has 0 amide bonds. The molecule has 1 aromatic carbocycles. The normalized spacial score (nSPS) is 8.59. The predicted octanol–water partition coefficient (Wildman–Crippen LogP) is 4.50. The van der Waals surface area contributed by atoms with Gasteiger partial charge in [-0.1, -0.05) is 42.2 Å². The van der Waals surface area contributed by atoms with Gasteiger partial charge in [0, 0.05) is 12.0 Å². The highest BCUT2D eigenvalue weighted by molar-refractivity contribution is 5.33. The molecule has 0 heteroatoms. The van der Waals surface area contributed by atoms with Crippen LogP contribution in [0.5, 0.6) is 0 Å². The van der Waals surface area contributed by atoms with E-state index in [9.17, 15) is 0 Å². The van der Waals surface area contributed by atoms with Crippen molar-refractivity contribution >= 4 is 0 Å². The van der Waals surface area contributed by atoms with Crippen LogP contribution in [0.2, 0.25) is 0 Å². The lowest BCUT2D eigenvalue weighted by Gasteiger charge is -1.91. The second-order valence-corrected chi connectivity index (χ2v) is 4.08. The molecule has 0 atom stereocenters. The zero-order chi connectivity index (χ0) is 12.5. The molecule has 86 valence electrons. The molecule has 0 spiro atoms. The molecule has 0 aromatic heterocycles. The molecule has 0 saturated carbocycles. The van der Waals surface area contributed by atoms with Gasteiger partial charge in [-0.2, -0.15) is 0 Å². The molecule has 0 heterocycles. The van der Waals surface area contributed by atoms with Gasteiger partial charge >= 0.3 is 0 Å². The van der Waals surface area contributed by atoms with Crippen molar-refractivity contribution in [3.8, 4) is 11.8 Å². The number of hydrogen-bond donors (Lipinski definition) is 0. The maximum absolute atomic E-state index is 3.80. The Morgan fingerprint density at radius 2 is 1.94 bits per heavy atom. The number of allylic oxidation sites excluding steroid dienone is 2. The molecule has 0 nitrogen and oxygen atoms in total. The fourth-order valence-corrected chi connectivity index (χ4v) is 1.25. The molecule has 0 aliphatic rings. The van der Waals surface area contributed by atoms with Gasteiger partial charge in [0.05, 0.1) is 0 Å². The topological polar surface area (TPSA) is 0 Å². The summed E-state index contributed by atoms with van der Waals surface area (Å²) in [5, 5.41) is 0. The summed E-state index contributed by atoms with van der Waals surface area (Å²) >= 11 is 0. The second kappa shape index (κ2) is 7.34. The van der Waals surface area contributed by atoms with Gasteiger partial charge in [-0.25, -0.2) is 0 Å². The van der Waals surface area contributed by atoms with Crippen molar-refractivity contribution < 1.29 is 0 Å². The van der Waals surface area contributed by atoms with Crippen molar-refractivity contribution in [3.63, 3.8) is 0 Å². The van der Waals surface area contributed by atoms with Gasteiger partial charge in [0.15, 0.2) is 0 Å². The average molecular weight is 222 g/mol. The number of rotatable bonds is 3. The van der Waals surface area contributed by atoms with Crippen LogP contribution >= 0.6 is 0 Å². The van der Waals surface area contributed by atoms with Crippen molar-refractivity contribution in [3.05, 3.63) is 65.4 Å². The maximum atomic E-state index is 3.80. The van der Waals surface area contributed by atoms with Crippen LogP contribution in [0.1, 0.15) is 32.3 Å². The van der Waals surface area contributed by atoms with E-state index < -0.39 is 0 Å². The highest BCUT2D eigenvalue weighted by Gasteiger charge is 1.86. The lowest BCUT2D eigenvalue weighted by molar-refractivity contribution is 1.00. The third kappa shape index (κ3) is 6.25. The average Bonchev–Trinajstić information content (AvgIpc) is 2.33. The number of hydrogen-bond acceptors (Lipinski definition) is 0. The van der Waals surface area contributed by atoms with Crippen molar-refractivity contribution in [2.75, 3.05) is 0 Å². The molecule has 1 rings (SSSR count). The van der Waals surface area contributed by atoms with Crippen LogP contribution in [-0.4, -0.2) is 0 Å². The highest BCUT2D eigenvalue weighted by Crippen LogP contribution is 2.02. The fourth-order valence-electron chi connectivity index (χ4n) is 1.25. The number of benzene rings is 1. The summed E-state index contributed by atoms with van der Waals surface area (Å²) in [6.45, 7) is 7.84. The predicted molar refractivity (Wildman–Crippen MR) is 74.6 cm³/mol. The molecule has 0 bridgehead atoms. The summed E-state index contributed by atoms with van der Waals surface area (Å²) in [6.07, 6.45) is 3.75. The van der Waals surface area contributed by atoms with Crippen LogP contribution in [0.4, 0.5) is 0 Å².